The first-order valence-electron chi connectivity index (χ1n) is 11.9. The Morgan fingerprint density at radius 2 is 1.09 bits per heavy atom. The molecule has 2 aromatic carbocycles. The van der Waals surface area contributed by atoms with Crippen molar-refractivity contribution >= 4 is 23.3 Å². The molecule has 0 fully saturated rings. The van der Waals surface area contributed by atoms with Crippen molar-refractivity contribution in [1.29, 1.82) is 10.5 Å². The first-order valence-corrected chi connectivity index (χ1v) is 12.7. The SMILES string of the molecule is N#Cc1c(-c2cn(-c3ccc(C(=O)O)c(C(F)(F)F)c3)nn2)sc(-c2cn(-c3ccc(C(=O)O)c(C(F)(F)F)c3)nn2)c1C#N. The molecule has 0 aliphatic rings. The average molecular weight is 644 g/mol. The first kappa shape index (κ1) is 30.4. The molecule has 3 heterocycles. The smallest absolute Gasteiger partial charge is 0.417 e. The van der Waals surface area contributed by atoms with E-state index in [0.717, 1.165) is 57.4 Å². The third kappa shape index (κ3) is 5.55. The summed E-state index contributed by atoms with van der Waals surface area (Å²) in [4.78, 5) is 22.6. The minimum absolute atomic E-state index is 0.0493. The molecule has 5 aromatic rings. The molecular formula is C26H10F6N8O4S. The standard InChI is InChI=1S/C26H10F6N8O4S/c27-25(28,29)17-5-11(1-3-13(17)23(41)42)39-9-19(35-37-39)21-15(7-33)16(8-34)22(45-21)20-10-40(38-36-20)12-2-4-14(24(43)44)18(6-12)26(30,31)32/h1-6,9-10H,(H,41,42)(H,43,44). The van der Waals surface area contributed by atoms with Gasteiger partial charge in [-0.05, 0) is 36.4 Å². The highest BCUT2D eigenvalue weighted by Gasteiger charge is 2.37. The van der Waals surface area contributed by atoms with Crippen LogP contribution in [0, 0.1) is 22.7 Å². The van der Waals surface area contributed by atoms with Gasteiger partial charge in [-0.1, -0.05) is 10.4 Å². The summed E-state index contributed by atoms with van der Waals surface area (Å²) in [5.74, 6) is -3.59. The second-order valence-corrected chi connectivity index (χ2v) is 9.92. The number of halogens is 6. The molecule has 45 heavy (non-hydrogen) atoms. The first-order chi connectivity index (χ1) is 21.1. The quantitative estimate of drug-likeness (QED) is 0.226. The fraction of sp³-hybridized carbons (Fsp3) is 0.0769. The Bertz CT molecular complexity index is 1950. The van der Waals surface area contributed by atoms with Gasteiger partial charge in [-0.15, -0.1) is 21.5 Å². The molecule has 0 spiro atoms. The zero-order valence-electron chi connectivity index (χ0n) is 21.6. The van der Waals surface area contributed by atoms with Crippen LogP contribution in [0.25, 0.3) is 32.5 Å². The number of alkyl halides is 6. The van der Waals surface area contributed by atoms with Gasteiger partial charge in [0.15, 0.2) is 0 Å². The van der Waals surface area contributed by atoms with E-state index >= 15 is 0 Å². The molecule has 0 aliphatic carbocycles. The second kappa shape index (κ2) is 10.9. The molecule has 0 radical (unpaired) electrons. The fourth-order valence-corrected chi connectivity index (χ4v) is 5.28. The van der Waals surface area contributed by atoms with Gasteiger partial charge in [0.25, 0.3) is 0 Å². The minimum Gasteiger partial charge on any atom is -0.478 e. The van der Waals surface area contributed by atoms with Crippen LogP contribution < -0.4 is 0 Å². The van der Waals surface area contributed by atoms with Crippen LogP contribution in [0.4, 0.5) is 26.3 Å². The topological polar surface area (TPSA) is 184 Å². The van der Waals surface area contributed by atoms with Crippen molar-refractivity contribution < 1.29 is 46.1 Å². The zero-order valence-corrected chi connectivity index (χ0v) is 22.4. The summed E-state index contributed by atoms with van der Waals surface area (Å²) >= 11 is 0.794. The molecule has 2 N–H and O–H groups in total. The molecule has 0 unspecified atom stereocenters. The van der Waals surface area contributed by atoms with Gasteiger partial charge in [-0.25, -0.2) is 19.0 Å². The predicted octanol–water partition coefficient (Wildman–Crippen LogP) is 5.42. The van der Waals surface area contributed by atoms with E-state index in [-0.39, 0.29) is 43.6 Å². The molecule has 0 aliphatic heterocycles. The fourth-order valence-electron chi connectivity index (χ4n) is 4.18. The highest BCUT2D eigenvalue weighted by atomic mass is 32.1. The monoisotopic (exact) mass is 644 g/mol. The molecule has 0 atom stereocenters. The summed E-state index contributed by atoms with van der Waals surface area (Å²) in [6, 6.07) is 8.41. The van der Waals surface area contributed by atoms with Gasteiger partial charge in [0.05, 0.1) is 66.9 Å². The van der Waals surface area contributed by atoms with E-state index in [2.05, 4.69) is 20.6 Å². The summed E-state index contributed by atoms with van der Waals surface area (Å²) in [6.45, 7) is 0. The van der Waals surface area contributed by atoms with Crippen LogP contribution in [-0.4, -0.2) is 52.1 Å². The van der Waals surface area contributed by atoms with Crippen LogP contribution in [0.15, 0.2) is 48.8 Å². The van der Waals surface area contributed by atoms with Crippen molar-refractivity contribution in [1.82, 2.24) is 30.0 Å². The van der Waals surface area contributed by atoms with Crippen molar-refractivity contribution in [3.05, 3.63) is 82.2 Å². The second-order valence-electron chi connectivity index (χ2n) is 8.90. The van der Waals surface area contributed by atoms with Crippen LogP contribution in [-0.2, 0) is 12.4 Å². The van der Waals surface area contributed by atoms with E-state index in [9.17, 15) is 46.5 Å². The Morgan fingerprint density at radius 1 is 0.711 bits per heavy atom. The summed E-state index contributed by atoms with van der Waals surface area (Å²) in [7, 11) is 0. The Balaban J connectivity index is 1.56. The summed E-state index contributed by atoms with van der Waals surface area (Å²) < 4.78 is 82.8. The van der Waals surface area contributed by atoms with Crippen LogP contribution in [0.1, 0.15) is 43.0 Å². The van der Waals surface area contributed by atoms with Gasteiger partial charge in [0.1, 0.15) is 23.5 Å². The van der Waals surface area contributed by atoms with Crippen molar-refractivity contribution in [2.45, 2.75) is 12.4 Å². The molecule has 0 bridgehead atoms. The Kier molecular flexibility index (Phi) is 7.35. The van der Waals surface area contributed by atoms with Gasteiger partial charge >= 0.3 is 24.3 Å². The van der Waals surface area contributed by atoms with Gasteiger partial charge in [0, 0.05) is 0 Å². The molecule has 3 aromatic heterocycles. The highest BCUT2D eigenvalue weighted by Crippen LogP contribution is 2.41. The number of hydrogen-bond donors (Lipinski definition) is 2. The maximum absolute atomic E-state index is 13.5. The largest absolute Gasteiger partial charge is 0.478 e. The zero-order chi connectivity index (χ0) is 32.8. The third-order valence-electron chi connectivity index (χ3n) is 6.19. The van der Waals surface area contributed by atoms with Crippen LogP contribution in [0.5, 0.6) is 0 Å². The van der Waals surface area contributed by atoms with Crippen molar-refractivity contribution in [3.63, 3.8) is 0 Å². The molecule has 0 saturated heterocycles. The lowest BCUT2D eigenvalue weighted by molar-refractivity contribution is -0.138. The molecular weight excluding hydrogens is 634 g/mol. The van der Waals surface area contributed by atoms with Crippen LogP contribution in [0.2, 0.25) is 0 Å². The summed E-state index contributed by atoms with van der Waals surface area (Å²) in [5, 5.41) is 53.2. The van der Waals surface area contributed by atoms with E-state index in [1.807, 2.05) is 12.1 Å². The number of carboxylic acid groups (broad SMARTS) is 2. The Hall–Kier alpha value is -6.08. The summed E-state index contributed by atoms with van der Waals surface area (Å²) in [5.41, 5.74) is -5.79. The van der Waals surface area contributed by atoms with Gasteiger partial charge in [-0.3, -0.25) is 0 Å². The van der Waals surface area contributed by atoms with E-state index in [0.29, 0.717) is 12.1 Å². The number of rotatable bonds is 6. The van der Waals surface area contributed by atoms with Crippen LogP contribution >= 0.6 is 11.3 Å². The number of nitriles is 2. The number of benzene rings is 2. The number of aromatic nitrogens is 6. The van der Waals surface area contributed by atoms with Gasteiger partial charge in [-0.2, -0.15) is 36.9 Å². The number of nitrogens with zero attached hydrogens (tertiary/aromatic N) is 8. The van der Waals surface area contributed by atoms with Crippen molar-refractivity contribution in [2.75, 3.05) is 0 Å². The molecule has 226 valence electrons. The summed E-state index contributed by atoms with van der Waals surface area (Å²) in [6.07, 6.45) is -7.72. The number of aromatic carboxylic acids is 2. The number of thiophene rings is 1. The maximum atomic E-state index is 13.5. The lowest BCUT2D eigenvalue weighted by atomic mass is 10.1. The van der Waals surface area contributed by atoms with E-state index < -0.39 is 46.5 Å². The molecule has 12 nitrogen and oxygen atoms in total. The van der Waals surface area contributed by atoms with Gasteiger partial charge < -0.3 is 10.2 Å². The Labute approximate surface area is 249 Å². The maximum Gasteiger partial charge on any atom is 0.417 e. The van der Waals surface area contributed by atoms with Crippen molar-refractivity contribution in [3.8, 4) is 44.7 Å². The lowest BCUT2D eigenvalue weighted by Gasteiger charge is -2.11. The lowest BCUT2D eigenvalue weighted by Crippen LogP contribution is -2.14. The minimum atomic E-state index is -5.00. The number of carbonyl (C=O) groups is 2. The van der Waals surface area contributed by atoms with E-state index in [1.165, 1.54) is 0 Å². The molecule has 19 heteroatoms. The molecule has 0 saturated carbocycles. The van der Waals surface area contributed by atoms with E-state index in [1.54, 1.807) is 0 Å². The normalized spacial score (nSPS) is 11.6. The average Bonchev–Trinajstić information content (AvgIpc) is 3.73. The molecule has 5 rings (SSSR count). The number of hydrogen-bond acceptors (Lipinski definition) is 9. The van der Waals surface area contributed by atoms with E-state index in [4.69, 9.17) is 10.2 Å². The highest BCUT2D eigenvalue weighted by molar-refractivity contribution is 7.19. The third-order valence-corrected chi connectivity index (χ3v) is 7.43. The number of carboxylic acids is 2. The van der Waals surface area contributed by atoms with Crippen LogP contribution in [0.3, 0.4) is 0 Å². The van der Waals surface area contributed by atoms with Crippen molar-refractivity contribution in [2.24, 2.45) is 0 Å². The Morgan fingerprint density at radius 3 is 1.40 bits per heavy atom. The predicted molar refractivity (Wildman–Crippen MR) is 138 cm³/mol. The van der Waals surface area contributed by atoms with Gasteiger partial charge in [0.2, 0.25) is 0 Å². The molecule has 0 amide bonds.